The average Bonchev–Trinajstić information content (AvgIpc) is 3.23. The van der Waals surface area contributed by atoms with E-state index in [4.69, 9.17) is 5.73 Å². The van der Waals surface area contributed by atoms with Crippen molar-refractivity contribution >= 4 is 16.5 Å². The summed E-state index contributed by atoms with van der Waals surface area (Å²) in [6.45, 7) is 1.99. The number of aromatic nitrogens is 4. The van der Waals surface area contributed by atoms with Gasteiger partial charge < -0.3 is 10.7 Å². The molecule has 0 saturated carbocycles. The highest BCUT2D eigenvalue weighted by atomic mass is 14.9. The molecule has 3 heterocycles. The molecule has 1 aliphatic carbocycles. The molecule has 5 heteroatoms. The van der Waals surface area contributed by atoms with Crippen molar-refractivity contribution in [3.05, 3.63) is 72.3 Å². The zero-order chi connectivity index (χ0) is 19.8. The van der Waals surface area contributed by atoms with E-state index in [1.54, 1.807) is 6.33 Å². The molecule has 1 aliphatic rings. The molecule has 0 fully saturated rings. The zero-order valence-corrected chi connectivity index (χ0v) is 16.4. The third kappa shape index (κ3) is 3.45. The number of aromatic amines is 1. The van der Waals surface area contributed by atoms with Crippen LogP contribution in [0.4, 0.5) is 0 Å². The second kappa shape index (κ2) is 7.26. The van der Waals surface area contributed by atoms with Crippen molar-refractivity contribution in [2.24, 2.45) is 5.73 Å². The molecule has 0 spiro atoms. The number of allylic oxidation sites excluding steroid dienone is 1. The van der Waals surface area contributed by atoms with E-state index in [9.17, 15) is 0 Å². The number of pyridine rings is 2. The quantitative estimate of drug-likeness (QED) is 0.529. The van der Waals surface area contributed by atoms with E-state index < -0.39 is 0 Å². The Hall–Kier alpha value is -3.31. The molecular weight excluding hydrogens is 358 g/mol. The van der Waals surface area contributed by atoms with Crippen LogP contribution in [-0.4, -0.2) is 26.0 Å². The molecule has 29 heavy (non-hydrogen) atoms. The number of aryl methyl sites for hydroxylation is 1. The first-order valence-electron chi connectivity index (χ1n) is 10.0. The standard InChI is InChI=1S/C24H23N5/c1-15-4-2-7-22(29-15)24-23(27-14-28-24)17-8-9-21-18(10-17)11-19(13-26-21)16-5-3-6-20(25)12-16/h2,4,7-14,20H,3,5-6,25H2,1H3,(H,27,28). The largest absolute Gasteiger partial charge is 0.343 e. The van der Waals surface area contributed by atoms with E-state index in [-0.39, 0.29) is 6.04 Å². The zero-order valence-electron chi connectivity index (χ0n) is 16.4. The lowest BCUT2D eigenvalue weighted by Crippen LogP contribution is -2.20. The Labute approximate surface area is 169 Å². The van der Waals surface area contributed by atoms with Gasteiger partial charge in [-0.05, 0) is 67.7 Å². The highest BCUT2D eigenvalue weighted by molar-refractivity contribution is 5.88. The number of nitrogens with zero attached hydrogens (tertiary/aromatic N) is 3. The number of hydrogen-bond acceptors (Lipinski definition) is 4. The summed E-state index contributed by atoms with van der Waals surface area (Å²) < 4.78 is 0. The molecular formula is C24H23N5. The van der Waals surface area contributed by atoms with Gasteiger partial charge in [0, 0.05) is 28.9 Å². The van der Waals surface area contributed by atoms with Crippen LogP contribution in [0.15, 0.2) is 61.1 Å². The third-order valence-corrected chi connectivity index (χ3v) is 5.51. The number of nitrogens with one attached hydrogen (secondary N) is 1. The molecule has 0 saturated heterocycles. The van der Waals surface area contributed by atoms with Crippen LogP contribution in [0.1, 0.15) is 30.5 Å². The minimum absolute atomic E-state index is 0.147. The topological polar surface area (TPSA) is 80.5 Å². The van der Waals surface area contributed by atoms with Crippen LogP contribution >= 0.6 is 0 Å². The van der Waals surface area contributed by atoms with E-state index in [1.807, 2.05) is 31.3 Å². The van der Waals surface area contributed by atoms with Crippen LogP contribution in [0.25, 0.3) is 39.1 Å². The lowest BCUT2D eigenvalue weighted by Gasteiger charge is -2.18. The van der Waals surface area contributed by atoms with Gasteiger partial charge in [-0.2, -0.15) is 0 Å². The monoisotopic (exact) mass is 381 g/mol. The molecule has 1 atom stereocenters. The van der Waals surface area contributed by atoms with E-state index in [2.05, 4.69) is 50.3 Å². The molecule has 144 valence electrons. The smallest absolute Gasteiger partial charge is 0.0977 e. The number of rotatable bonds is 3. The van der Waals surface area contributed by atoms with E-state index in [0.717, 1.165) is 64.1 Å². The Morgan fingerprint density at radius 1 is 1.07 bits per heavy atom. The fourth-order valence-electron chi connectivity index (χ4n) is 4.04. The van der Waals surface area contributed by atoms with E-state index in [1.165, 1.54) is 5.57 Å². The number of H-pyrrole nitrogens is 1. The van der Waals surface area contributed by atoms with Crippen LogP contribution in [0.5, 0.6) is 0 Å². The number of fused-ring (bicyclic) bond motifs is 1. The summed E-state index contributed by atoms with van der Waals surface area (Å²) in [6, 6.07) is 14.7. The summed E-state index contributed by atoms with van der Waals surface area (Å²) in [4.78, 5) is 17.1. The summed E-state index contributed by atoms with van der Waals surface area (Å²) in [5.74, 6) is 0. The first-order chi connectivity index (χ1) is 14.2. The molecule has 1 aromatic carbocycles. The van der Waals surface area contributed by atoms with Gasteiger partial charge in [-0.1, -0.05) is 18.2 Å². The van der Waals surface area contributed by atoms with Crippen molar-refractivity contribution in [2.45, 2.75) is 32.2 Å². The molecule has 4 aromatic rings. The predicted molar refractivity (Wildman–Crippen MR) is 117 cm³/mol. The molecule has 3 N–H and O–H groups in total. The van der Waals surface area contributed by atoms with Gasteiger partial charge in [0.1, 0.15) is 0 Å². The van der Waals surface area contributed by atoms with Gasteiger partial charge in [0.05, 0.1) is 28.9 Å². The summed E-state index contributed by atoms with van der Waals surface area (Å²) in [5.41, 5.74) is 14.3. The van der Waals surface area contributed by atoms with Crippen LogP contribution < -0.4 is 5.73 Å². The highest BCUT2D eigenvalue weighted by Crippen LogP contribution is 2.32. The van der Waals surface area contributed by atoms with Gasteiger partial charge in [-0.15, -0.1) is 0 Å². The number of imidazole rings is 1. The lowest BCUT2D eigenvalue weighted by atomic mass is 9.91. The maximum Gasteiger partial charge on any atom is 0.0977 e. The van der Waals surface area contributed by atoms with Crippen molar-refractivity contribution in [3.63, 3.8) is 0 Å². The van der Waals surface area contributed by atoms with Crippen molar-refractivity contribution < 1.29 is 0 Å². The second-order valence-electron chi connectivity index (χ2n) is 7.67. The van der Waals surface area contributed by atoms with Gasteiger partial charge in [-0.25, -0.2) is 4.98 Å². The highest BCUT2D eigenvalue weighted by Gasteiger charge is 2.15. The van der Waals surface area contributed by atoms with Crippen molar-refractivity contribution in [1.82, 2.24) is 19.9 Å². The first-order valence-corrected chi connectivity index (χ1v) is 10.0. The van der Waals surface area contributed by atoms with Gasteiger partial charge in [0.15, 0.2) is 0 Å². The van der Waals surface area contributed by atoms with E-state index in [0.29, 0.717) is 0 Å². The van der Waals surface area contributed by atoms with Crippen molar-refractivity contribution in [2.75, 3.05) is 0 Å². The molecule has 5 nitrogen and oxygen atoms in total. The molecule has 5 rings (SSSR count). The summed E-state index contributed by atoms with van der Waals surface area (Å²) in [6.07, 6.45) is 9.12. The van der Waals surface area contributed by atoms with Gasteiger partial charge in [0.2, 0.25) is 0 Å². The van der Waals surface area contributed by atoms with Gasteiger partial charge in [0.25, 0.3) is 0 Å². The maximum atomic E-state index is 6.13. The molecule has 0 amide bonds. The average molecular weight is 381 g/mol. The minimum Gasteiger partial charge on any atom is -0.343 e. The Morgan fingerprint density at radius 3 is 2.83 bits per heavy atom. The predicted octanol–water partition coefficient (Wildman–Crippen LogP) is 4.89. The summed E-state index contributed by atoms with van der Waals surface area (Å²) >= 11 is 0. The Bertz CT molecular complexity index is 1220. The van der Waals surface area contributed by atoms with Crippen LogP contribution in [0, 0.1) is 6.92 Å². The Kier molecular flexibility index (Phi) is 4.45. The molecule has 0 radical (unpaired) electrons. The molecule has 1 unspecified atom stereocenters. The third-order valence-electron chi connectivity index (χ3n) is 5.51. The number of nitrogens with two attached hydrogens (primary N) is 1. The van der Waals surface area contributed by atoms with Gasteiger partial charge >= 0.3 is 0 Å². The SMILES string of the molecule is Cc1cccc(-c2[nH]cnc2-c2ccc3ncc(C4=CC(N)CCC4)cc3c2)n1. The van der Waals surface area contributed by atoms with Gasteiger partial charge in [-0.3, -0.25) is 9.97 Å². The maximum absolute atomic E-state index is 6.13. The Morgan fingerprint density at radius 2 is 1.97 bits per heavy atom. The van der Waals surface area contributed by atoms with Crippen LogP contribution in [0.3, 0.4) is 0 Å². The molecule has 0 bridgehead atoms. The molecule has 0 aliphatic heterocycles. The van der Waals surface area contributed by atoms with Crippen molar-refractivity contribution in [3.8, 4) is 22.6 Å². The van der Waals surface area contributed by atoms with E-state index >= 15 is 0 Å². The molecule has 3 aromatic heterocycles. The van der Waals surface area contributed by atoms with Crippen molar-refractivity contribution in [1.29, 1.82) is 0 Å². The normalized spacial score (nSPS) is 16.8. The fourth-order valence-corrected chi connectivity index (χ4v) is 4.04. The fraction of sp³-hybridized carbons (Fsp3) is 0.208. The van der Waals surface area contributed by atoms with Crippen LogP contribution in [0.2, 0.25) is 0 Å². The minimum atomic E-state index is 0.147. The van der Waals surface area contributed by atoms with Crippen LogP contribution in [-0.2, 0) is 0 Å². The number of hydrogen-bond donors (Lipinski definition) is 2. The first kappa shape index (κ1) is 17.8. The second-order valence-corrected chi connectivity index (χ2v) is 7.67. The number of benzene rings is 1. The summed E-state index contributed by atoms with van der Waals surface area (Å²) in [7, 11) is 0. The Balaban J connectivity index is 1.58. The lowest BCUT2D eigenvalue weighted by molar-refractivity contribution is 0.654. The summed E-state index contributed by atoms with van der Waals surface area (Å²) in [5, 5.41) is 1.10.